The first-order valence-electron chi connectivity index (χ1n) is 5.03. The number of halogens is 1. The molecule has 0 saturated heterocycles. The number of nitriles is 1. The molecule has 0 radical (unpaired) electrons. The van der Waals surface area contributed by atoms with Crippen molar-refractivity contribution in [2.45, 2.75) is 31.8 Å². The van der Waals surface area contributed by atoms with E-state index in [1.165, 1.54) is 11.3 Å². The van der Waals surface area contributed by atoms with E-state index in [4.69, 9.17) is 16.9 Å². The Morgan fingerprint density at radius 1 is 1.67 bits per heavy atom. The Labute approximate surface area is 98.1 Å². The van der Waals surface area contributed by atoms with E-state index >= 15 is 0 Å². The quantitative estimate of drug-likeness (QED) is 0.885. The van der Waals surface area contributed by atoms with Crippen LogP contribution >= 0.6 is 22.9 Å². The van der Waals surface area contributed by atoms with Gasteiger partial charge in [-0.15, -0.1) is 11.3 Å². The second-order valence-electron chi connectivity index (χ2n) is 3.71. The van der Waals surface area contributed by atoms with Crippen molar-refractivity contribution in [1.29, 1.82) is 5.26 Å². The molecule has 0 amide bonds. The van der Waals surface area contributed by atoms with Gasteiger partial charge in [0.05, 0.1) is 18.2 Å². The first-order chi connectivity index (χ1) is 7.29. The molecule has 5 heteroatoms. The van der Waals surface area contributed by atoms with Crippen LogP contribution in [0.25, 0.3) is 0 Å². The molecule has 0 bridgehead atoms. The highest BCUT2D eigenvalue weighted by Crippen LogP contribution is 2.25. The molecule has 1 fully saturated rings. The van der Waals surface area contributed by atoms with Crippen LogP contribution in [0, 0.1) is 17.2 Å². The predicted octanol–water partition coefficient (Wildman–Crippen LogP) is 2.58. The minimum absolute atomic E-state index is 0.167. The number of hydrogen-bond donors (Lipinski definition) is 1. The molecule has 2 unspecified atom stereocenters. The predicted molar refractivity (Wildman–Crippen MR) is 60.7 cm³/mol. The Morgan fingerprint density at radius 3 is 3.20 bits per heavy atom. The van der Waals surface area contributed by atoms with E-state index in [0.29, 0.717) is 6.04 Å². The van der Waals surface area contributed by atoms with Crippen molar-refractivity contribution >= 4 is 22.9 Å². The van der Waals surface area contributed by atoms with E-state index in [2.05, 4.69) is 16.4 Å². The number of thiazole rings is 1. The lowest BCUT2D eigenvalue weighted by atomic mass is 10.1. The van der Waals surface area contributed by atoms with Gasteiger partial charge in [-0.05, 0) is 12.8 Å². The van der Waals surface area contributed by atoms with Gasteiger partial charge in [-0.1, -0.05) is 18.0 Å². The van der Waals surface area contributed by atoms with E-state index in [1.54, 1.807) is 6.20 Å². The molecule has 0 aliphatic heterocycles. The fraction of sp³-hybridized carbons (Fsp3) is 0.600. The maximum Gasteiger partial charge on any atom is 0.113 e. The van der Waals surface area contributed by atoms with Gasteiger partial charge in [-0.2, -0.15) is 5.26 Å². The first-order valence-corrected chi connectivity index (χ1v) is 6.22. The summed E-state index contributed by atoms with van der Waals surface area (Å²) in [5.74, 6) is 0.167. The summed E-state index contributed by atoms with van der Waals surface area (Å²) in [6.07, 6.45) is 4.93. The van der Waals surface area contributed by atoms with Crippen molar-refractivity contribution in [2.75, 3.05) is 0 Å². The summed E-state index contributed by atoms with van der Waals surface area (Å²) >= 11 is 7.28. The fourth-order valence-corrected chi connectivity index (χ4v) is 2.85. The van der Waals surface area contributed by atoms with Crippen molar-refractivity contribution in [3.05, 3.63) is 15.5 Å². The largest absolute Gasteiger partial charge is 0.306 e. The second kappa shape index (κ2) is 4.93. The Morgan fingerprint density at radius 2 is 2.53 bits per heavy atom. The molecule has 1 heterocycles. The molecule has 0 aromatic carbocycles. The highest BCUT2D eigenvalue weighted by molar-refractivity contribution is 7.15. The van der Waals surface area contributed by atoms with E-state index in [9.17, 15) is 0 Å². The summed E-state index contributed by atoms with van der Waals surface area (Å²) in [5.41, 5.74) is 0. The normalized spacial score (nSPS) is 25.3. The van der Waals surface area contributed by atoms with E-state index < -0.39 is 0 Å². The van der Waals surface area contributed by atoms with Gasteiger partial charge in [0, 0.05) is 12.6 Å². The smallest absolute Gasteiger partial charge is 0.113 e. The number of nitrogens with one attached hydrogen (secondary N) is 1. The van der Waals surface area contributed by atoms with Gasteiger partial charge in [-0.25, -0.2) is 4.98 Å². The molecule has 15 heavy (non-hydrogen) atoms. The second-order valence-corrected chi connectivity index (χ2v) is 5.46. The van der Waals surface area contributed by atoms with Crippen LogP contribution in [0.4, 0.5) is 0 Å². The molecule has 1 aromatic rings. The zero-order valence-corrected chi connectivity index (χ0v) is 9.81. The summed E-state index contributed by atoms with van der Waals surface area (Å²) in [4.78, 5) is 4.17. The lowest BCUT2D eigenvalue weighted by Crippen LogP contribution is -2.31. The van der Waals surface area contributed by atoms with Gasteiger partial charge in [0.1, 0.15) is 9.34 Å². The molecule has 3 nitrogen and oxygen atoms in total. The van der Waals surface area contributed by atoms with Crippen molar-refractivity contribution in [1.82, 2.24) is 10.3 Å². The van der Waals surface area contributed by atoms with E-state index in [1.807, 2.05) is 0 Å². The molecule has 80 valence electrons. The molecule has 1 N–H and O–H groups in total. The summed E-state index contributed by atoms with van der Waals surface area (Å²) < 4.78 is 0.718. The van der Waals surface area contributed by atoms with Crippen molar-refractivity contribution < 1.29 is 0 Å². The van der Waals surface area contributed by atoms with Crippen LogP contribution in [0.1, 0.15) is 24.3 Å². The number of aromatic nitrogens is 1. The molecule has 2 atom stereocenters. The Hall–Kier alpha value is -0.630. The zero-order valence-electron chi connectivity index (χ0n) is 8.24. The van der Waals surface area contributed by atoms with Crippen LogP contribution in [0.15, 0.2) is 6.20 Å². The third-order valence-corrected chi connectivity index (χ3v) is 3.84. The minimum atomic E-state index is 0.167. The van der Waals surface area contributed by atoms with Crippen LogP contribution in [-0.2, 0) is 6.54 Å². The molecule has 0 spiro atoms. The van der Waals surface area contributed by atoms with Crippen LogP contribution in [-0.4, -0.2) is 11.0 Å². The van der Waals surface area contributed by atoms with Gasteiger partial charge in [0.25, 0.3) is 0 Å². The Kier molecular flexibility index (Phi) is 3.57. The number of rotatable bonds is 3. The monoisotopic (exact) mass is 241 g/mol. The van der Waals surface area contributed by atoms with Gasteiger partial charge >= 0.3 is 0 Å². The number of nitrogens with zero attached hydrogens (tertiary/aromatic N) is 2. The minimum Gasteiger partial charge on any atom is -0.306 e. The van der Waals surface area contributed by atoms with Crippen LogP contribution in [0.5, 0.6) is 0 Å². The molecule has 1 saturated carbocycles. The average Bonchev–Trinajstić information content (AvgIpc) is 2.83. The standard InChI is InChI=1S/C10H12ClN3S/c11-9-5-14-10(15-9)6-13-8-3-1-2-7(8)4-12/h5,7-8,13H,1-3,6H2. The highest BCUT2D eigenvalue weighted by atomic mass is 35.5. The van der Waals surface area contributed by atoms with Crippen molar-refractivity contribution in [3.63, 3.8) is 0 Å². The summed E-state index contributed by atoms with van der Waals surface area (Å²) in [5, 5.41) is 13.3. The summed E-state index contributed by atoms with van der Waals surface area (Å²) in [6, 6.07) is 2.68. The Bertz CT molecular complexity index is 371. The molecular formula is C10H12ClN3S. The molecule has 1 aromatic heterocycles. The van der Waals surface area contributed by atoms with Crippen LogP contribution < -0.4 is 5.32 Å². The summed E-state index contributed by atoms with van der Waals surface area (Å²) in [7, 11) is 0. The van der Waals surface area contributed by atoms with Crippen LogP contribution in [0.2, 0.25) is 4.34 Å². The Balaban J connectivity index is 1.85. The lowest BCUT2D eigenvalue weighted by Gasteiger charge is -2.13. The van der Waals surface area contributed by atoms with Gasteiger partial charge in [-0.3, -0.25) is 0 Å². The lowest BCUT2D eigenvalue weighted by molar-refractivity contribution is 0.464. The molecule has 1 aliphatic rings. The SMILES string of the molecule is N#CC1CCCC1NCc1ncc(Cl)s1. The van der Waals surface area contributed by atoms with Gasteiger partial charge in [0.15, 0.2) is 0 Å². The van der Waals surface area contributed by atoms with Gasteiger partial charge in [0.2, 0.25) is 0 Å². The summed E-state index contributed by atoms with van der Waals surface area (Å²) in [6.45, 7) is 0.722. The average molecular weight is 242 g/mol. The van der Waals surface area contributed by atoms with E-state index in [-0.39, 0.29) is 5.92 Å². The molecule has 1 aliphatic carbocycles. The zero-order chi connectivity index (χ0) is 10.7. The first kappa shape index (κ1) is 10.9. The highest BCUT2D eigenvalue weighted by Gasteiger charge is 2.26. The number of hydrogen-bond acceptors (Lipinski definition) is 4. The van der Waals surface area contributed by atoms with Crippen LogP contribution in [0.3, 0.4) is 0 Å². The fourth-order valence-electron chi connectivity index (χ4n) is 1.95. The third kappa shape index (κ3) is 2.69. The van der Waals surface area contributed by atoms with Crippen molar-refractivity contribution in [2.24, 2.45) is 5.92 Å². The maximum absolute atomic E-state index is 8.91. The van der Waals surface area contributed by atoms with E-state index in [0.717, 1.165) is 35.2 Å². The molecular weight excluding hydrogens is 230 g/mol. The van der Waals surface area contributed by atoms with Crippen molar-refractivity contribution in [3.8, 4) is 6.07 Å². The van der Waals surface area contributed by atoms with Gasteiger partial charge < -0.3 is 5.32 Å². The third-order valence-electron chi connectivity index (χ3n) is 2.72. The topological polar surface area (TPSA) is 48.7 Å². The maximum atomic E-state index is 8.91. The molecule has 2 rings (SSSR count).